The van der Waals surface area contributed by atoms with Gasteiger partial charge in [-0.05, 0) is 52.3 Å². The van der Waals surface area contributed by atoms with Gasteiger partial charge in [-0.2, -0.15) is 0 Å². The third kappa shape index (κ3) is 8.34. The van der Waals surface area contributed by atoms with Gasteiger partial charge in [-0.15, -0.1) is 0 Å². The molecule has 8 nitrogen and oxygen atoms in total. The average Bonchev–Trinajstić information content (AvgIpc) is 2.52. The fourth-order valence-electron chi connectivity index (χ4n) is 2.00. The maximum Gasteiger partial charge on any atom is 0.408 e. The van der Waals surface area contributed by atoms with Crippen LogP contribution >= 0.6 is 0 Å². The lowest BCUT2D eigenvalue weighted by Crippen LogP contribution is -2.59. The van der Waals surface area contributed by atoms with Crippen molar-refractivity contribution in [2.45, 2.75) is 58.4 Å². The highest BCUT2D eigenvalue weighted by Crippen LogP contribution is 2.10. The lowest BCUT2D eigenvalue weighted by atomic mass is 10.0. The predicted molar refractivity (Wildman–Crippen MR) is 99.1 cm³/mol. The molecule has 3 N–H and O–H groups in total. The van der Waals surface area contributed by atoms with Crippen LogP contribution in [0.15, 0.2) is 24.3 Å². The Morgan fingerprint density at radius 1 is 1.11 bits per heavy atom. The Labute approximate surface area is 163 Å². The number of rotatable bonds is 8. The minimum Gasteiger partial charge on any atom is -0.480 e. The highest BCUT2D eigenvalue weighted by molar-refractivity contribution is 5.92. The molecule has 1 aromatic carbocycles. The van der Waals surface area contributed by atoms with Crippen LogP contribution in [-0.4, -0.2) is 46.9 Å². The van der Waals surface area contributed by atoms with Gasteiger partial charge < -0.3 is 25.2 Å². The number of carboxylic acids is 1. The van der Waals surface area contributed by atoms with Crippen LogP contribution in [0.5, 0.6) is 0 Å². The molecule has 0 bridgehead atoms. The number of amides is 2. The lowest BCUT2D eigenvalue weighted by Gasteiger charge is -2.28. The molecule has 1 rings (SSSR count). The maximum atomic E-state index is 12.9. The van der Waals surface area contributed by atoms with Crippen LogP contribution in [0.1, 0.15) is 40.2 Å². The van der Waals surface area contributed by atoms with Gasteiger partial charge in [0.1, 0.15) is 17.0 Å². The molecule has 0 spiro atoms. The summed E-state index contributed by atoms with van der Waals surface area (Å²) < 4.78 is 23.3. The Morgan fingerprint density at radius 2 is 1.68 bits per heavy atom. The van der Waals surface area contributed by atoms with Crippen molar-refractivity contribution >= 4 is 18.0 Å². The van der Waals surface area contributed by atoms with Gasteiger partial charge in [0.15, 0.2) is 6.04 Å². The van der Waals surface area contributed by atoms with Gasteiger partial charge in [0.2, 0.25) is 5.91 Å². The second-order valence-electron chi connectivity index (χ2n) is 7.76. The zero-order valence-electron chi connectivity index (χ0n) is 16.7. The topological polar surface area (TPSA) is 114 Å². The summed E-state index contributed by atoms with van der Waals surface area (Å²) in [7, 11) is 0. The highest BCUT2D eigenvalue weighted by Gasteiger charge is 2.34. The van der Waals surface area contributed by atoms with Crippen molar-refractivity contribution in [1.82, 2.24) is 10.6 Å². The van der Waals surface area contributed by atoms with Gasteiger partial charge in [-0.1, -0.05) is 12.1 Å². The van der Waals surface area contributed by atoms with Crippen molar-refractivity contribution in [2.24, 2.45) is 0 Å². The molecular formula is C19H27FN2O6. The number of benzene rings is 1. The first-order valence-corrected chi connectivity index (χ1v) is 8.67. The number of carbonyl (C=O) groups excluding carboxylic acids is 2. The van der Waals surface area contributed by atoms with Crippen molar-refractivity contribution in [3.05, 3.63) is 35.6 Å². The molecule has 0 aliphatic heterocycles. The van der Waals surface area contributed by atoms with Gasteiger partial charge in [0, 0.05) is 0 Å². The zero-order chi connectivity index (χ0) is 21.5. The van der Waals surface area contributed by atoms with Crippen LogP contribution in [0.3, 0.4) is 0 Å². The van der Waals surface area contributed by atoms with Crippen LogP contribution in [0.2, 0.25) is 0 Å². The number of hydrogen-bond donors (Lipinski definition) is 3. The van der Waals surface area contributed by atoms with Gasteiger partial charge >= 0.3 is 12.1 Å². The smallest absolute Gasteiger partial charge is 0.408 e. The second kappa shape index (κ2) is 9.50. The summed E-state index contributed by atoms with van der Waals surface area (Å²) in [5.41, 5.74) is -1.50. The number of nitrogens with one attached hydrogen (secondary N) is 2. The van der Waals surface area contributed by atoms with Crippen LogP contribution < -0.4 is 10.6 Å². The molecule has 0 aliphatic carbocycles. The van der Waals surface area contributed by atoms with Crippen LogP contribution in [0.4, 0.5) is 9.18 Å². The molecule has 0 fully saturated rings. The molecule has 0 radical (unpaired) electrons. The molecule has 0 saturated carbocycles. The van der Waals surface area contributed by atoms with E-state index in [0.717, 1.165) is 0 Å². The highest BCUT2D eigenvalue weighted by atomic mass is 19.1. The largest absolute Gasteiger partial charge is 0.480 e. The number of halogens is 1. The molecule has 1 atom stereocenters. The van der Waals surface area contributed by atoms with E-state index in [0.29, 0.717) is 5.56 Å². The number of alkyl carbamates (subject to hydrolysis) is 1. The van der Waals surface area contributed by atoms with E-state index in [-0.39, 0.29) is 19.0 Å². The molecule has 0 unspecified atom stereocenters. The second-order valence-corrected chi connectivity index (χ2v) is 7.76. The Bertz CT molecular complexity index is 697. The van der Waals surface area contributed by atoms with Crippen molar-refractivity contribution in [2.75, 3.05) is 6.61 Å². The van der Waals surface area contributed by atoms with E-state index in [1.807, 2.05) is 0 Å². The molecule has 1 aromatic rings. The molecule has 0 aromatic heterocycles. The van der Waals surface area contributed by atoms with E-state index in [1.54, 1.807) is 20.8 Å². The first-order valence-electron chi connectivity index (χ1n) is 8.67. The van der Waals surface area contributed by atoms with Crippen molar-refractivity contribution in [3.63, 3.8) is 0 Å². The molecule has 28 heavy (non-hydrogen) atoms. The predicted octanol–water partition coefficient (Wildman–Crippen LogP) is 2.21. The van der Waals surface area contributed by atoms with E-state index in [2.05, 4.69) is 10.6 Å². The van der Waals surface area contributed by atoms with Gasteiger partial charge in [-0.3, -0.25) is 4.79 Å². The monoisotopic (exact) mass is 398 g/mol. The first-order chi connectivity index (χ1) is 12.8. The minimum absolute atomic E-state index is 0.0550. The molecule has 0 saturated heterocycles. The minimum atomic E-state index is -1.41. The summed E-state index contributed by atoms with van der Waals surface area (Å²) in [6.07, 6.45) is -0.799. The molecule has 2 amide bonds. The van der Waals surface area contributed by atoms with Gasteiger partial charge in [0.05, 0.1) is 13.2 Å². The summed E-state index contributed by atoms with van der Waals surface area (Å²) >= 11 is 0. The van der Waals surface area contributed by atoms with Crippen LogP contribution in [-0.2, 0) is 25.7 Å². The van der Waals surface area contributed by atoms with E-state index < -0.39 is 35.2 Å². The van der Waals surface area contributed by atoms with Crippen LogP contribution in [0.25, 0.3) is 0 Å². The Kier molecular flexibility index (Phi) is 7.92. The molecular weight excluding hydrogens is 371 g/mol. The fraction of sp³-hybridized carbons (Fsp3) is 0.526. The first kappa shape index (κ1) is 23.4. The normalized spacial score (nSPS) is 12.8. The zero-order valence-corrected chi connectivity index (χ0v) is 16.7. The summed E-state index contributed by atoms with van der Waals surface area (Å²) in [4.78, 5) is 35.7. The SMILES string of the molecule is CC(C)(C)OC(=O)NC(C)(C)C(=O)N[C@H](COCc1ccc(F)cc1)C(=O)O. The molecule has 0 heterocycles. The van der Waals surface area contributed by atoms with Gasteiger partial charge in [0.25, 0.3) is 0 Å². The number of aliphatic carboxylic acids is 1. The standard InChI is InChI=1S/C19H27FN2O6/c1-18(2,3)28-17(26)22-19(4,5)16(25)21-14(15(23)24)11-27-10-12-6-8-13(20)9-7-12/h6-9,14H,10-11H2,1-5H3,(H,21,25)(H,22,26)(H,23,24)/t14-/m1/s1. The van der Waals surface area contributed by atoms with E-state index in [4.69, 9.17) is 9.47 Å². The number of carbonyl (C=O) groups is 3. The van der Waals surface area contributed by atoms with E-state index in [9.17, 15) is 23.9 Å². The van der Waals surface area contributed by atoms with E-state index >= 15 is 0 Å². The van der Waals surface area contributed by atoms with Crippen LogP contribution in [0, 0.1) is 5.82 Å². The maximum absolute atomic E-state index is 12.9. The summed E-state index contributed by atoms with van der Waals surface area (Å²) in [6, 6.07) is 4.22. The Hall–Kier alpha value is -2.68. The van der Waals surface area contributed by atoms with Crippen molar-refractivity contribution < 1.29 is 33.4 Å². The third-order valence-electron chi connectivity index (χ3n) is 3.45. The Balaban J connectivity index is 2.61. The molecule has 9 heteroatoms. The summed E-state index contributed by atoms with van der Waals surface area (Å²) in [6.45, 7) is 7.63. The Morgan fingerprint density at radius 3 is 2.18 bits per heavy atom. The molecule has 156 valence electrons. The number of carboxylic acid groups (broad SMARTS) is 1. The van der Waals surface area contributed by atoms with Crippen molar-refractivity contribution in [3.8, 4) is 0 Å². The van der Waals surface area contributed by atoms with Crippen molar-refractivity contribution in [1.29, 1.82) is 0 Å². The van der Waals surface area contributed by atoms with Gasteiger partial charge in [-0.25, -0.2) is 14.0 Å². The third-order valence-corrected chi connectivity index (χ3v) is 3.45. The number of hydrogen-bond acceptors (Lipinski definition) is 5. The lowest BCUT2D eigenvalue weighted by molar-refractivity contribution is -0.144. The number of ether oxygens (including phenoxy) is 2. The quantitative estimate of drug-likeness (QED) is 0.619. The summed E-state index contributed by atoms with van der Waals surface area (Å²) in [5.74, 6) is -2.39. The molecule has 0 aliphatic rings. The average molecular weight is 398 g/mol. The summed E-state index contributed by atoms with van der Waals surface area (Å²) in [5, 5.41) is 14.0. The van der Waals surface area contributed by atoms with E-state index in [1.165, 1.54) is 38.1 Å². The fourth-order valence-corrected chi connectivity index (χ4v) is 2.00.